The second-order valence-corrected chi connectivity index (χ2v) is 4.36. The fourth-order valence-corrected chi connectivity index (χ4v) is 3.63. The standard InChI is InChI=1S/C9H14/c1-6-5-9(6)7-3-2-4-8(7)9/h6-8H,2-5H2,1H3/t6-,7-,8+,9?/m1/s1. The van der Waals surface area contributed by atoms with Gasteiger partial charge in [0.05, 0.1) is 0 Å². The highest BCUT2D eigenvalue weighted by molar-refractivity contribution is 5.24. The molecule has 0 heterocycles. The van der Waals surface area contributed by atoms with Crippen molar-refractivity contribution >= 4 is 0 Å². The van der Waals surface area contributed by atoms with Gasteiger partial charge in [-0.3, -0.25) is 0 Å². The Morgan fingerprint density at radius 3 is 2.11 bits per heavy atom. The molecule has 3 rings (SSSR count). The first-order chi connectivity index (χ1) is 4.36. The van der Waals surface area contributed by atoms with Gasteiger partial charge in [-0.1, -0.05) is 13.3 Å². The zero-order valence-corrected chi connectivity index (χ0v) is 6.06. The van der Waals surface area contributed by atoms with Crippen molar-refractivity contribution in [2.45, 2.75) is 32.6 Å². The van der Waals surface area contributed by atoms with Crippen LogP contribution in [0.4, 0.5) is 0 Å². The van der Waals surface area contributed by atoms with Crippen LogP contribution in [0.2, 0.25) is 0 Å². The molecule has 3 aliphatic rings. The van der Waals surface area contributed by atoms with E-state index in [0.717, 1.165) is 11.3 Å². The van der Waals surface area contributed by atoms with Crippen molar-refractivity contribution in [2.24, 2.45) is 23.2 Å². The topological polar surface area (TPSA) is 0 Å². The largest absolute Gasteiger partial charge is 0.0619 e. The summed E-state index contributed by atoms with van der Waals surface area (Å²) in [6.45, 7) is 2.44. The van der Waals surface area contributed by atoms with Crippen molar-refractivity contribution in [3.8, 4) is 0 Å². The molecule has 0 nitrogen and oxygen atoms in total. The van der Waals surface area contributed by atoms with Crippen LogP contribution in [0.15, 0.2) is 0 Å². The molecule has 4 atom stereocenters. The van der Waals surface area contributed by atoms with Gasteiger partial charge in [0.15, 0.2) is 0 Å². The minimum absolute atomic E-state index is 0.970. The van der Waals surface area contributed by atoms with Crippen LogP contribution < -0.4 is 0 Å². The quantitative estimate of drug-likeness (QED) is 0.463. The fourth-order valence-electron chi connectivity index (χ4n) is 3.63. The van der Waals surface area contributed by atoms with Crippen molar-refractivity contribution in [1.82, 2.24) is 0 Å². The smallest absolute Gasteiger partial charge is 0.0207 e. The van der Waals surface area contributed by atoms with Crippen molar-refractivity contribution in [1.29, 1.82) is 0 Å². The molecular formula is C9H14. The first kappa shape index (κ1) is 4.76. The first-order valence-corrected chi connectivity index (χ1v) is 4.36. The van der Waals surface area contributed by atoms with Crippen molar-refractivity contribution in [3.63, 3.8) is 0 Å². The average molecular weight is 122 g/mol. The van der Waals surface area contributed by atoms with E-state index in [1.54, 1.807) is 25.7 Å². The van der Waals surface area contributed by atoms with Gasteiger partial charge in [0.1, 0.15) is 0 Å². The van der Waals surface area contributed by atoms with E-state index in [9.17, 15) is 0 Å². The molecule has 0 aromatic rings. The van der Waals surface area contributed by atoms with Gasteiger partial charge in [0.2, 0.25) is 0 Å². The average Bonchev–Trinajstić information content (AvgIpc) is 2.61. The van der Waals surface area contributed by atoms with Crippen LogP contribution in [0.5, 0.6) is 0 Å². The van der Waals surface area contributed by atoms with E-state index in [0.29, 0.717) is 0 Å². The Hall–Kier alpha value is 0. The molecule has 0 N–H and O–H groups in total. The lowest BCUT2D eigenvalue weighted by Crippen LogP contribution is -1.86. The Morgan fingerprint density at radius 2 is 1.78 bits per heavy atom. The summed E-state index contributed by atoms with van der Waals surface area (Å²) in [7, 11) is 0. The van der Waals surface area contributed by atoms with E-state index in [1.807, 2.05) is 0 Å². The summed E-state index contributed by atoms with van der Waals surface area (Å²) in [5, 5.41) is 0. The Morgan fingerprint density at radius 1 is 1.22 bits per heavy atom. The zero-order chi connectivity index (χ0) is 6.06. The number of hydrogen-bond acceptors (Lipinski definition) is 0. The molecule has 1 unspecified atom stereocenters. The molecule has 0 bridgehead atoms. The number of fused-ring (bicyclic) bond motifs is 3. The van der Waals surface area contributed by atoms with Crippen LogP contribution in [0, 0.1) is 23.2 Å². The molecule has 0 saturated heterocycles. The molecule has 0 amide bonds. The fraction of sp³-hybridized carbons (Fsp3) is 1.00. The van der Waals surface area contributed by atoms with Gasteiger partial charge < -0.3 is 0 Å². The van der Waals surface area contributed by atoms with Crippen LogP contribution in [-0.2, 0) is 0 Å². The van der Waals surface area contributed by atoms with Crippen LogP contribution >= 0.6 is 0 Å². The minimum atomic E-state index is 0.970. The van der Waals surface area contributed by atoms with Crippen LogP contribution in [-0.4, -0.2) is 0 Å². The molecule has 50 valence electrons. The monoisotopic (exact) mass is 122 g/mol. The van der Waals surface area contributed by atoms with Crippen LogP contribution in [0.1, 0.15) is 32.6 Å². The maximum absolute atomic E-state index is 2.44. The van der Waals surface area contributed by atoms with E-state index in [1.165, 1.54) is 11.8 Å². The second kappa shape index (κ2) is 1.09. The molecule has 3 fully saturated rings. The minimum Gasteiger partial charge on any atom is -0.0619 e. The Kier molecular flexibility index (Phi) is 0.574. The maximum Gasteiger partial charge on any atom is -0.0207 e. The predicted octanol–water partition coefficient (Wildman–Crippen LogP) is 2.44. The lowest BCUT2D eigenvalue weighted by Gasteiger charge is -1.95. The van der Waals surface area contributed by atoms with Crippen LogP contribution in [0.25, 0.3) is 0 Å². The SMILES string of the molecule is C[C@@H]1CC12[C@@H]1CCC[C@@H]12. The normalized spacial score (nSPS) is 68.3. The Labute approximate surface area is 56.6 Å². The van der Waals surface area contributed by atoms with Crippen molar-refractivity contribution < 1.29 is 0 Å². The Balaban J connectivity index is 1.89. The highest BCUT2D eigenvalue weighted by Crippen LogP contribution is 2.82. The summed E-state index contributed by atoms with van der Waals surface area (Å²) in [5.74, 6) is 3.55. The molecule has 0 aromatic carbocycles. The molecule has 0 aromatic heterocycles. The molecular weight excluding hydrogens is 108 g/mol. The molecule has 0 radical (unpaired) electrons. The summed E-state index contributed by atoms with van der Waals surface area (Å²) in [6.07, 6.45) is 6.29. The van der Waals surface area contributed by atoms with E-state index < -0.39 is 0 Å². The second-order valence-electron chi connectivity index (χ2n) is 4.36. The third kappa shape index (κ3) is 0.342. The number of hydrogen-bond donors (Lipinski definition) is 0. The summed E-state index contributed by atoms with van der Waals surface area (Å²) in [4.78, 5) is 0. The van der Waals surface area contributed by atoms with Gasteiger partial charge >= 0.3 is 0 Å². The summed E-state index contributed by atoms with van der Waals surface area (Å²) in [5.41, 5.74) is 0.970. The lowest BCUT2D eigenvalue weighted by atomic mass is 10.1. The van der Waals surface area contributed by atoms with E-state index in [-0.39, 0.29) is 0 Å². The summed E-state index contributed by atoms with van der Waals surface area (Å²) >= 11 is 0. The van der Waals surface area contributed by atoms with Gasteiger partial charge in [-0.15, -0.1) is 0 Å². The first-order valence-electron chi connectivity index (χ1n) is 4.36. The summed E-state index contributed by atoms with van der Waals surface area (Å²) in [6, 6.07) is 0. The molecule has 3 saturated carbocycles. The van der Waals surface area contributed by atoms with Crippen LogP contribution in [0.3, 0.4) is 0 Å². The van der Waals surface area contributed by atoms with Crippen molar-refractivity contribution in [2.75, 3.05) is 0 Å². The van der Waals surface area contributed by atoms with Crippen molar-refractivity contribution in [3.05, 3.63) is 0 Å². The predicted molar refractivity (Wildman–Crippen MR) is 37.0 cm³/mol. The van der Waals surface area contributed by atoms with Gasteiger partial charge in [-0.25, -0.2) is 0 Å². The van der Waals surface area contributed by atoms with Gasteiger partial charge in [0, 0.05) is 0 Å². The Bertz CT molecular complexity index is 149. The molecule has 0 aliphatic heterocycles. The maximum atomic E-state index is 2.44. The third-order valence-electron chi connectivity index (χ3n) is 4.20. The van der Waals surface area contributed by atoms with E-state index in [4.69, 9.17) is 0 Å². The van der Waals surface area contributed by atoms with Gasteiger partial charge in [-0.2, -0.15) is 0 Å². The lowest BCUT2D eigenvalue weighted by molar-refractivity contribution is 0.547. The number of rotatable bonds is 0. The third-order valence-corrected chi connectivity index (χ3v) is 4.20. The van der Waals surface area contributed by atoms with Gasteiger partial charge in [-0.05, 0) is 42.4 Å². The molecule has 0 heteroatoms. The van der Waals surface area contributed by atoms with Gasteiger partial charge in [0.25, 0.3) is 0 Å². The molecule has 9 heavy (non-hydrogen) atoms. The summed E-state index contributed by atoms with van der Waals surface area (Å²) < 4.78 is 0. The highest BCUT2D eigenvalue weighted by Gasteiger charge is 2.76. The molecule has 1 spiro atoms. The highest BCUT2D eigenvalue weighted by atomic mass is 14.8. The molecule has 3 aliphatic carbocycles. The zero-order valence-electron chi connectivity index (χ0n) is 6.06. The van der Waals surface area contributed by atoms with E-state index >= 15 is 0 Å². The van der Waals surface area contributed by atoms with E-state index in [2.05, 4.69) is 6.92 Å².